The highest BCUT2D eigenvalue weighted by Gasteiger charge is 2.23. The third-order valence-electron chi connectivity index (χ3n) is 5.21. The number of benzene rings is 1. The molecule has 0 aliphatic carbocycles. The Kier molecular flexibility index (Phi) is 4.76. The average Bonchev–Trinajstić information content (AvgIpc) is 3.28. The molecule has 134 valence electrons. The van der Waals surface area contributed by atoms with Crippen LogP contribution in [0.15, 0.2) is 60.9 Å². The van der Waals surface area contributed by atoms with Gasteiger partial charge in [-0.2, -0.15) is 0 Å². The van der Waals surface area contributed by atoms with Gasteiger partial charge in [0.1, 0.15) is 0 Å². The lowest BCUT2D eigenvalue weighted by Gasteiger charge is -2.16. The molecule has 1 fully saturated rings. The summed E-state index contributed by atoms with van der Waals surface area (Å²) in [5, 5.41) is 3.11. The smallest absolute Gasteiger partial charge is 0.252 e. The molecular formula is C22H25N3O. The van der Waals surface area contributed by atoms with Gasteiger partial charge in [0.25, 0.3) is 5.91 Å². The van der Waals surface area contributed by atoms with Gasteiger partial charge in [-0.25, -0.2) is 0 Å². The van der Waals surface area contributed by atoms with E-state index in [1.54, 1.807) is 0 Å². The summed E-state index contributed by atoms with van der Waals surface area (Å²) in [5.74, 6) is 0.548. The molecule has 0 bridgehead atoms. The molecule has 1 amide bonds. The molecule has 1 atom stereocenters. The normalized spacial score (nSPS) is 17.7. The fraction of sp³-hybridized carbons (Fsp3) is 0.318. The van der Waals surface area contributed by atoms with Crippen LogP contribution in [0, 0.1) is 12.8 Å². The van der Waals surface area contributed by atoms with Crippen molar-refractivity contribution in [1.29, 1.82) is 0 Å². The second-order valence-electron chi connectivity index (χ2n) is 7.35. The summed E-state index contributed by atoms with van der Waals surface area (Å²) in [6.45, 7) is 6.01. The molecule has 2 aromatic heterocycles. The predicted octanol–water partition coefficient (Wildman–Crippen LogP) is 3.50. The Hall–Kier alpha value is -2.59. The number of pyridine rings is 1. The molecule has 1 N–H and O–H groups in total. The highest BCUT2D eigenvalue weighted by molar-refractivity contribution is 5.95. The highest BCUT2D eigenvalue weighted by Crippen LogP contribution is 2.19. The third kappa shape index (κ3) is 3.81. The Labute approximate surface area is 154 Å². The van der Waals surface area contributed by atoms with Crippen molar-refractivity contribution in [3.05, 3.63) is 77.6 Å². The number of nitrogens with one attached hydrogen (secondary N) is 1. The molecular weight excluding hydrogens is 322 g/mol. The van der Waals surface area contributed by atoms with Gasteiger partial charge < -0.3 is 9.72 Å². The van der Waals surface area contributed by atoms with Crippen molar-refractivity contribution >= 4 is 11.4 Å². The molecule has 1 aromatic carbocycles. The fourth-order valence-corrected chi connectivity index (χ4v) is 3.69. The van der Waals surface area contributed by atoms with Crippen LogP contribution < -0.4 is 5.32 Å². The van der Waals surface area contributed by atoms with Crippen LogP contribution in [0.4, 0.5) is 0 Å². The van der Waals surface area contributed by atoms with Crippen molar-refractivity contribution in [3.63, 3.8) is 0 Å². The number of hydrogen-bond donors (Lipinski definition) is 1. The van der Waals surface area contributed by atoms with Gasteiger partial charge in [0, 0.05) is 37.5 Å². The Morgan fingerprint density at radius 1 is 1.19 bits per heavy atom. The fourth-order valence-electron chi connectivity index (χ4n) is 3.69. The number of fused-ring (bicyclic) bond motifs is 1. The standard InChI is InChI=1S/C22H25N3O/c1-17-5-7-18(8-6-17)14-24-11-9-19(15-24)13-23-22(26)20-12-21-4-2-3-10-25(21)16-20/h2-8,10,12,16,19H,9,11,13-15H2,1H3,(H,23,26)/t19-/m1/s1. The number of aryl methyl sites for hydroxylation is 1. The van der Waals surface area contributed by atoms with E-state index in [9.17, 15) is 4.79 Å². The lowest BCUT2D eigenvalue weighted by Crippen LogP contribution is -2.30. The average molecular weight is 347 g/mol. The van der Waals surface area contributed by atoms with E-state index in [0.29, 0.717) is 5.92 Å². The lowest BCUT2D eigenvalue weighted by molar-refractivity contribution is 0.0947. The summed E-state index contributed by atoms with van der Waals surface area (Å²) < 4.78 is 1.98. The van der Waals surface area contributed by atoms with E-state index in [0.717, 1.165) is 43.7 Å². The molecule has 4 rings (SSSR count). The van der Waals surface area contributed by atoms with E-state index in [1.165, 1.54) is 11.1 Å². The van der Waals surface area contributed by atoms with Crippen LogP contribution in [0.25, 0.3) is 5.52 Å². The zero-order valence-electron chi connectivity index (χ0n) is 15.2. The topological polar surface area (TPSA) is 36.8 Å². The number of nitrogens with zero attached hydrogens (tertiary/aromatic N) is 2. The maximum absolute atomic E-state index is 12.4. The summed E-state index contributed by atoms with van der Waals surface area (Å²) in [5.41, 5.74) is 4.43. The highest BCUT2D eigenvalue weighted by atomic mass is 16.1. The quantitative estimate of drug-likeness (QED) is 0.767. The van der Waals surface area contributed by atoms with Crippen molar-refractivity contribution in [2.45, 2.75) is 19.9 Å². The van der Waals surface area contributed by atoms with Crippen LogP contribution in [-0.4, -0.2) is 34.8 Å². The van der Waals surface area contributed by atoms with Crippen LogP contribution in [0.1, 0.15) is 27.9 Å². The molecule has 26 heavy (non-hydrogen) atoms. The summed E-state index contributed by atoms with van der Waals surface area (Å²) >= 11 is 0. The number of aromatic nitrogens is 1. The van der Waals surface area contributed by atoms with Crippen molar-refractivity contribution in [2.24, 2.45) is 5.92 Å². The minimum Gasteiger partial charge on any atom is -0.352 e. The Bertz CT molecular complexity index is 864. The van der Waals surface area contributed by atoms with Gasteiger partial charge >= 0.3 is 0 Å². The number of carbonyl (C=O) groups is 1. The van der Waals surface area contributed by atoms with Gasteiger partial charge in [-0.15, -0.1) is 0 Å². The number of likely N-dealkylation sites (tertiary alicyclic amines) is 1. The molecule has 3 heterocycles. The monoisotopic (exact) mass is 347 g/mol. The van der Waals surface area contributed by atoms with Crippen molar-refractivity contribution in [1.82, 2.24) is 14.6 Å². The molecule has 0 spiro atoms. The molecule has 4 heteroatoms. The van der Waals surface area contributed by atoms with Gasteiger partial charge in [-0.05, 0) is 49.6 Å². The van der Waals surface area contributed by atoms with Crippen LogP contribution in [0.3, 0.4) is 0 Å². The Morgan fingerprint density at radius 3 is 2.85 bits per heavy atom. The van der Waals surface area contributed by atoms with Crippen molar-refractivity contribution in [3.8, 4) is 0 Å². The first-order valence-electron chi connectivity index (χ1n) is 9.30. The van der Waals surface area contributed by atoms with Gasteiger partial charge in [0.2, 0.25) is 0 Å². The summed E-state index contributed by atoms with van der Waals surface area (Å²) in [6, 6.07) is 16.7. The molecule has 0 saturated carbocycles. The molecule has 0 unspecified atom stereocenters. The molecule has 3 aromatic rings. The number of amides is 1. The second kappa shape index (κ2) is 7.34. The molecule has 1 saturated heterocycles. The van der Waals surface area contributed by atoms with E-state index >= 15 is 0 Å². The van der Waals surface area contributed by atoms with Gasteiger partial charge in [0.15, 0.2) is 0 Å². The zero-order chi connectivity index (χ0) is 17.9. The van der Waals surface area contributed by atoms with Crippen molar-refractivity contribution in [2.75, 3.05) is 19.6 Å². The van der Waals surface area contributed by atoms with Crippen LogP contribution in [0.5, 0.6) is 0 Å². The first-order chi connectivity index (χ1) is 12.7. The molecule has 1 aliphatic heterocycles. The lowest BCUT2D eigenvalue weighted by atomic mass is 10.1. The first kappa shape index (κ1) is 16.9. The maximum atomic E-state index is 12.4. The maximum Gasteiger partial charge on any atom is 0.252 e. The molecule has 0 radical (unpaired) electrons. The van der Waals surface area contributed by atoms with Crippen LogP contribution in [0.2, 0.25) is 0 Å². The van der Waals surface area contributed by atoms with Crippen LogP contribution in [-0.2, 0) is 6.54 Å². The summed E-state index contributed by atoms with van der Waals surface area (Å²) in [4.78, 5) is 14.9. The van der Waals surface area contributed by atoms with Gasteiger partial charge in [-0.1, -0.05) is 35.9 Å². The minimum absolute atomic E-state index is 0.0192. The second-order valence-corrected chi connectivity index (χ2v) is 7.35. The van der Waals surface area contributed by atoms with Crippen molar-refractivity contribution < 1.29 is 4.79 Å². The first-order valence-corrected chi connectivity index (χ1v) is 9.30. The molecule has 4 nitrogen and oxygen atoms in total. The van der Waals surface area contributed by atoms with Crippen LogP contribution >= 0.6 is 0 Å². The zero-order valence-corrected chi connectivity index (χ0v) is 15.2. The number of rotatable bonds is 5. The largest absolute Gasteiger partial charge is 0.352 e. The number of hydrogen-bond acceptors (Lipinski definition) is 2. The SMILES string of the molecule is Cc1ccc(CN2CC[C@H](CNC(=O)c3cc4ccccn4c3)C2)cc1. The van der Waals surface area contributed by atoms with E-state index < -0.39 is 0 Å². The van der Waals surface area contributed by atoms with Gasteiger partial charge in [-0.3, -0.25) is 9.69 Å². The van der Waals surface area contributed by atoms with E-state index in [4.69, 9.17) is 0 Å². The Balaban J connectivity index is 1.28. The van der Waals surface area contributed by atoms with E-state index in [1.807, 2.05) is 41.1 Å². The molecule has 1 aliphatic rings. The summed E-state index contributed by atoms with van der Waals surface area (Å²) in [7, 11) is 0. The Morgan fingerprint density at radius 2 is 2.04 bits per heavy atom. The van der Waals surface area contributed by atoms with Gasteiger partial charge in [0.05, 0.1) is 5.56 Å². The minimum atomic E-state index is 0.0192. The van der Waals surface area contributed by atoms with E-state index in [2.05, 4.69) is 41.4 Å². The predicted molar refractivity (Wildman–Crippen MR) is 104 cm³/mol. The third-order valence-corrected chi connectivity index (χ3v) is 5.21. The number of carbonyl (C=O) groups excluding carboxylic acids is 1. The summed E-state index contributed by atoms with van der Waals surface area (Å²) in [6.07, 6.45) is 5.00. The van der Waals surface area contributed by atoms with E-state index in [-0.39, 0.29) is 5.91 Å².